The van der Waals surface area contributed by atoms with Crippen molar-refractivity contribution in [2.24, 2.45) is 0 Å². The Kier molecular flexibility index (Phi) is 8.19. The highest BCUT2D eigenvalue weighted by atomic mass is 35.5. The number of para-hydroxylation sites is 3. The summed E-state index contributed by atoms with van der Waals surface area (Å²) in [5.41, 5.74) is 2.14. The highest BCUT2D eigenvalue weighted by Crippen LogP contribution is 2.44. The Labute approximate surface area is 185 Å². The third kappa shape index (κ3) is 4.64. The molecule has 0 spiro atoms. The van der Waals surface area contributed by atoms with Gasteiger partial charge in [-0.15, -0.1) is 24.8 Å². The predicted octanol–water partition coefficient (Wildman–Crippen LogP) is 3.42. The third-order valence-electron chi connectivity index (χ3n) is 5.48. The van der Waals surface area contributed by atoms with Gasteiger partial charge in [0.25, 0.3) is 0 Å². The molecule has 0 unspecified atom stereocenters. The minimum atomic E-state index is -3.63. The van der Waals surface area contributed by atoms with E-state index in [0.717, 1.165) is 43.9 Å². The lowest BCUT2D eigenvalue weighted by Crippen LogP contribution is -2.45. The fraction of sp³-hybridized carbons (Fsp3) is 0.400. The van der Waals surface area contributed by atoms with Crippen LogP contribution in [-0.2, 0) is 10.2 Å². The molecule has 2 heterocycles. The number of hydrogen-bond donors (Lipinski definition) is 1. The molecule has 1 N–H and O–H groups in total. The zero-order valence-electron chi connectivity index (χ0n) is 16.4. The summed E-state index contributed by atoms with van der Waals surface area (Å²) in [6.07, 6.45) is 2.21. The Bertz CT molecular complexity index is 890. The summed E-state index contributed by atoms with van der Waals surface area (Å²) < 4.78 is 29.7. The van der Waals surface area contributed by atoms with Crippen molar-refractivity contribution in [2.45, 2.75) is 18.9 Å². The Morgan fingerprint density at radius 3 is 2.10 bits per heavy atom. The van der Waals surface area contributed by atoms with Crippen LogP contribution in [0.15, 0.2) is 54.6 Å². The number of halogens is 2. The van der Waals surface area contributed by atoms with Crippen molar-refractivity contribution in [2.75, 3.05) is 41.8 Å². The fourth-order valence-corrected chi connectivity index (χ4v) is 5.65. The number of likely N-dealkylation sites (tertiary alicyclic amines) is 1. The van der Waals surface area contributed by atoms with Crippen LogP contribution < -0.4 is 13.9 Å². The zero-order chi connectivity index (χ0) is 18.9. The molecule has 2 aliphatic rings. The quantitative estimate of drug-likeness (QED) is 0.745. The van der Waals surface area contributed by atoms with Gasteiger partial charge in [-0.3, -0.25) is 0 Å². The number of rotatable bonds is 5. The van der Waals surface area contributed by atoms with Gasteiger partial charge < -0.3 is 10.2 Å². The van der Waals surface area contributed by atoms with Crippen molar-refractivity contribution in [3.8, 4) is 0 Å². The summed E-state index contributed by atoms with van der Waals surface area (Å²) >= 11 is 0. The first-order valence-electron chi connectivity index (χ1n) is 9.48. The van der Waals surface area contributed by atoms with E-state index in [2.05, 4.69) is 10.2 Å². The van der Waals surface area contributed by atoms with E-state index in [1.807, 2.05) is 61.6 Å². The molecular formula is C20H28Cl2N4O2S. The van der Waals surface area contributed by atoms with Crippen LogP contribution in [0.5, 0.6) is 0 Å². The van der Waals surface area contributed by atoms with Crippen LogP contribution in [0.1, 0.15) is 12.8 Å². The van der Waals surface area contributed by atoms with Crippen LogP contribution in [-0.4, -0.2) is 52.6 Å². The van der Waals surface area contributed by atoms with Crippen LogP contribution in [0.3, 0.4) is 0 Å². The Morgan fingerprint density at radius 2 is 1.48 bits per heavy atom. The van der Waals surface area contributed by atoms with E-state index in [0.29, 0.717) is 18.3 Å². The van der Waals surface area contributed by atoms with Gasteiger partial charge in [0.2, 0.25) is 0 Å². The van der Waals surface area contributed by atoms with Crippen molar-refractivity contribution in [1.29, 1.82) is 0 Å². The lowest BCUT2D eigenvalue weighted by molar-refractivity contribution is 0.207. The van der Waals surface area contributed by atoms with E-state index in [-0.39, 0.29) is 24.8 Å². The maximum Gasteiger partial charge on any atom is 0.331 e. The molecule has 6 nitrogen and oxygen atoms in total. The van der Waals surface area contributed by atoms with E-state index >= 15 is 0 Å². The van der Waals surface area contributed by atoms with Crippen molar-refractivity contribution < 1.29 is 8.42 Å². The maximum atomic E-state index is 13.3. The van der Waals surface area contributed by atoms with E-state index in [1.165, 1.54) is 4.31 Å². The van der Waals surface area contributed by atoms with Crippen LogP contribution >= 0.6 is 24.8 Å². The molecule has 2 aromatic carbocycles. The number of nitrogens with one attached hydrogen (secondary N) is 1. The standard InChI is InChI=1S/C20H26N4O2S.2ClH/c1-21-17-11-13-22(14-12-17)15-16-23-19-9-5-6-10-20(19)24(27(23,25)26)18-7-3-2-4-8-18;;/h2-10,17,21H,11-16H2,1H3;2*1H. The summed E-state index contributed by atoms with van der Waals surface area (Å²) in [6, 6.07) is 17.4. The van der Waals surface area contributed by atoms with Crippen molar-refractivity contribution in [3.63, 3.8) is 0 Å². The average molecular weight is 459 g/mol. The average Bonchev–Trinajstić information content (AvgIpc) is 2.93. The molecule has 0 saturated carbocycles. The van der Waals surface area contributed by atoms with E-state index < -0.39 is 10.2 Å². The highest BCUT2D eigenvalue weighted by Gasteiger charge is 2.41. The fourth-order valence-electron chi connectivity index (χ4n) is 3.94. The van der Waals surface area contributed by atoms with Crippen LogP contribution in [0.25, 0.3) is 0 Å². The molecule has 0 aromatic heterocycles. The molecule has 4 rings (SSSR count). The summed E-state index contributed by atoms with van der Waals surface area (Å²) in [5.74, 6) is 0. The van der Waals surface area contributed by atoms with Crippen molar-refractivity contribution in [1.82, 2.24) is 10.2 Å². The van der Waals surface area contributed by atoms with Gasteiger partial charge in [-0.2, -0.15) is 8.42 Å². The summed E-state index contributed by atoms with van der Waals surface area (Å²) in [5, 5.41) is 3.33. The van der Waals surface area contributed by atoms with Crippen molar-refractivity contribution in [3.05, 3.63) is 54.6 Å². The minimum Gasteiger partial charge on any atom is -0.317 e. The Hall–Kier alpha value is -1.51. The molecule has 29 heavy (non-hydrogen) atoms. The third-order valence-corrected chi connectivity index (χ3v) is 7.29. The lowest BCUT2D eigenvalue weighted by Gasteiger charge is -2.33. The predicted molar refractivity (Wildman–Crippen MR) is 124 cm³/mol. The molecule has 160 valence electrons. The molecule has 2 aliphatic heterocycles. The molecule has 0 aliphatic carbocycles. The summed E-state index contributed by atoms with van der Waals surface area (Å²) in [6.45, 7) is 3.21. The van der Waals surface area contributed by atoms with Gasteiger partial charge in [0.05, 0.1) is 17.1 Å². The van der Waals surface area contributed by atoms with Gasteiger partial charge in [0.1, 0.15) is 0 Å². The number of nitrogens with zero attached hydrogens (tertiary/aromatic N) is 3. The monoisotopic (exact) mass is 458 g/mol. The number of hydrogen-bond acceptors (Lipinski definition) is 4. The van der Waals surface area contributed by atoms with Crippen LogP contribution in [0.2, 0.25) is 0 Å². The zero-order valence-corrected chi connectivity index (χ0v) is 18.8. The molecule has 0 amide bonds. The van der Waals surface area contributed by atoms with Crippen LogP contribution in [0, 0.1) is 0 Å². The molecule has 9 heteroatoms. The second-order valence-corrected chi connectivity index (χ2v) is 8.77. The Balaban J connectivity index is 0.00000150. The minimum absolute atomic E-state index is 0. The van der Waals surface area contributed by atoms with Gasteiger partial charge in [0, 0.05) is 19.1 Å². The van der Waals surface area contributed by atoms with E-state index in [9.17, 15) is 8.42 Å². The maximum absolute atomic E-state index is 13.3. The normalized spacial score (nSPS) is 18.7. The number of piperidine rings is 1. The van der Waals surface area contributed by atoms with Gasteiger partial charge in [-0.1, -0.05) is 30.3 Å². The number of fused-ring (bicyclic) bond motifs is 1. The van der Waals surface area contributed by atoms with E-state index in [4.69, 9.17) is 0 Å². The van der Waals surface area contributed by atoms with Gasteiger partial charge in [0.15, 0.2) is 0 Å². The lowest BCUT2D eigenvalue weighted by atomic mass is 10.1. The molecule has 1 saturated heterocycles. The molecule has 0 bridgehead atoms. The van der Waals surface area contributed by atoms with Crippen molar-refractivity contribution >= 4 is 52.1 Å². The van der Waals surface area contributed by atoms with Gasteiger partial charge in [-0.25, -0.2) is 8.61 Å². The highest BCUT2D eigenvalue weighted by molar-refractivity contribution is 7.95. The smallest absolute Gasteiger partial charge is 0.317 e. The molecule has 0 radical (unpaired) electrons. The second kappa shape index (κ2) is 10.00. The Morgan fingerprint density at radius 1 is 0.897 bits per heavy atom. The first kappa shape index (κ1) is 23.8. The molecule has 1 fully saturated rings. The molecular weight excluding hydrogens is 431 g/mol. The SMILES string of the molecule is CNC1CCN(CCN2c3ccccc3N(c3ccccc3)S2(=O)=O)CC1.Cl.Cl. The van der Waals surface area contributed by atoms with Gasteiger partial charge in [-0.05, 0) is 57.2 Å². The molecule has 2 aromatic rings. The first-order chi connectivity index (χ1) is 13.1. The second-order valence-electron chi connectivity index (χ2n) is 7.07. The van der Waals surface area contributed by atoms with Crippen LogP contribution in [0.4, 0.5) is 17.1 Å². The summed E-state index contributed by atoms with van der Waals surface area (Å²) in [7, 11) is -1.62. The number of benzene rings is 2. The molecule has 0 atom stereocenters. The summed E-state index contributed by atoms with van der Waals surface area (Å²) in [4.78, 5) is 2.36. The topological polar surface area (TPSA) is 55.9 Å². The van der Waals surface area contributed by atoms with E-state index in [1.54, 1.807) is 4.31 Å². The van der Waals surface area contributed by atoms with Gasteiger partial charge >= 0.3 is 10.2 Å². The number of anilines is 3. The largest absolute Gasteiger partial charge is 0.331 e. The first-order valence-corrected chi connectivity index (χ1v) is 10.9.